The Morgan fingerprint density at radius 3 is 2.41 bits per heavy atom. The number of aliphatic hydroxyl groups excluding tert-OH is 1. The fraction of sp³-hybridized carbons (Fsp3) is 0.240. The van der Waals surface area contributed by atoms with Crippen LogP contribution in [-0.2, 0) is 4.79 Å². The summed E-state index contributed by atoms with van der Waals surface area (Å²) < 4.78 is 10.8. The zero-order chi connectivity index (χ0) is 24.7. The molecule has 0 aliphatic carbocycles. The van der Waals surface area contributed by atoms with Gasteiger partial charge in [0, 0.05) is 10.7 Å². The first-order valence-corrected chi connectivity index (χ1v) is 11.6. The van der Waals surface area contributed by atoms with E-state index < -0.39 is 23.5 Å². The fourth-order valence-electron chi connectivity index (χ4n) is 4.13. The maximum atomic E-state index is 13.7. The van der Waals surface area contributed by atoms with E-state index in [1.54, 1.807) is 50.2 Å². The number of rotatable bonds is 6. The molecule has 1 atom stereocenters. The first kappa shape index (κ1) is 23.8. The van der Waals surface area contributed by atoms with Gasteiger partial charge in [0.2, 0.25) is 5.78 Å². The highest BCUT2D eigenvalue weighted by Gasteiger charge is 2.46. The number of halogens is 1. The van der Waals surface area contributed by atoms with E-state index in [9.17, 15) is 14.7 Å². The maximum Gasteiger partial charge on any atom is 0.294 e. The number of benzene rings is 2. The number of thiazole rings is 1. The van der Waals surface area contributed by atoms with Gasteiger partial charge in [-0.1, -0.05) is 23.7 Å². The third-order valence-corrected chi connectivity index (χ3v) is 7.02. The molecule has 34 heavy (non-hydrogen) atoms. The van der Waals surface area contributed by atoms with Gasteiger partial charge in [-0.05, 0) is 56.2 Å². The second-order valence-corrected chi connectivity index (χ2v) is 9.50. The molecule has 1 unspecified atom stereocenters. The predicted octanol–water partition coefficient (Wildman–Crippen LogP) is 5.52. The topological polar surface area (TPSA) is 89.0 Å². The summed E-state index contributed by atoms with van der Waals surface area (Å²) in [6.07, 6.45) is 0. The summed E-state index contributed by atoms with van der Waals surface area (Å²) in [6, 6.07) is 9.36. The van der Waals surface area contributed by atoms with Crippen LogP contribution in [0.1, 0.15) is 37.5 Å². The maximum absolute atomic E-state index is 13.7. The molecule has 1 aliphatic heterocycles. The highest BCUT2D eigenvalue weighted by molar-refractivity contribution is 7.14. The second-order valence-electron chi connectivity index (χ2n) is 7.86. The van der Waals surface area contributed by atoms with Crippen LogP contribution >= 0.6 is 22.9 Å². The lowest BCUT2D eigenvalue weighted by Gasteiger charge is -2.28. The van der Waals surface area contributed by atoms with Crippen molar-refractivity contribution in [1.82, 2.24) is 4.98 Å². The van der Waals surface area contributed by atoms with Crippen LogP contribution in [0.5, 0.6) is 11.5 Å². The average molecular weight is 499 g/mol. The molecule has 0 fully saturated rings. The van der Waals surface area contributed by atoms with Gasteiger partial charge in [0.1, 0.15) is 0 Å². The minimum Gasteiger partial charge on any atom is -0.503 e. The first-order chi connectivity index (χ1) is 16.2. The van der Waals surface area contributed by atoms with E-state index in [0.717, 1.165) is 10.6 Å². The Balaban J connectivity index is 1.96. The van der Waals surface area contributed by atoms with Gasteiger partial charge in [-0.15, -0.1) is 11.3 Å². The number of aromatic nitrogens is 1. The van der Waals surface area contributed by atoms with Crippen molar-refractivity contribution in [2.24, 2.45) is 0 Å². The van der Waals surface area contributed by atoms with Crippen molar-refractivity contribution in [3.05, 3.63) is 79.5 Å². The molecule has 9 heteroatoms. The van der Waals surface area contributed by atoms with Crippen LogP contribution in [0.25, 0.3) is 0 Å². The quantitative estimate of drug-likeness (QED) is 0.450. The number of hydrogen-bond acceptors (Lipinski definition) is 7. The molecular formula is C25H23ClN2O5S. The number of anilines is 1. The number of aryl methyl sites for hydroxylation is 3. The zero-order valence-electron chi connectivity index (χ0n) is 19.3. The van der Waals surface area contributed by atoms with Crippen molar-refractivity contribution < 1.29 is 24.2 Å². The van der Waals surface area contributed by atoms with Crippen molar-refractivity contribution in [2.75, 3.05) is 19.1 Å². The molecule has 2 aromatic carbocycles. The molecule has 0 bridgehead atoms. The van der Waals surface area contributed by atoms with E-state index in [0.29, 0.717) is 38.3 Å². The van der Waals surface area contributed by atoms with Crippen molar-refractivity contribution in [3.8, 4) is 11.5 Å². The lowest BCUT2D eigenvalue weighted by Crippen LogP contribution is -2.31. The lowest BCUT2D eigenvalue weighted by molar-refractivity contribution is -0.117. The van der Waals surface area contributed by atoms with Crippen LogP contribution in [0.2, 0.25) is 5.02 Å². The Hall–Kier alpha value is -3.36. The highest BCUT2D eigenvalue weighted by atomic mass is 35.5. The molecule has 1 aliphatic rings. The molecule has 1 amide bonds. The Kier molecular flexibility index (Phi) is 6.38. The van der Waals surface area contributed by atoms with Gasteiger partial charge < -0.3 is 14.6 Å². The molecule has 1 aromatic heterocycles. The number of hydrogen-bond donors (Lipinski definition) is 1. The molecule has 7 nitrogen and oxygen atoms in total. The summed E-state index contributed by atoms with van der Waals surface area (Å²) in [5.41, 5.74) is 2.34. The summed E-state index contributed by atoms with van der Waals surface area (Å²) >= 11 is 7.48. The number of nitrogens with zero attached hydrogens (tertiary/aromatic N) is 2. The Labute approximate surface area is 206 Å². The first-order valence-electron chi connectivity index (χ1n) is 10.4. The van der Waals surface area contributed by atoms with Crippen LogP contribution in [0, 0.1) is 20.8 Å². The molecule has 0 radical (unpaired) electrons. The van der Waals surface area contributed by atoms with Crippen molar-refractivity contribution in [3.63, 3.8) is 0 Å². The number of aliphatic hydroxyl groups is 1. The number of carbonyl (C=O) groups is 2. The number of carbonyl (C=O) groups excluding carboxylic acids is 2. The number of Topliss-reactive ketones (excluding diaryl/α,β-unsaturated/α-hetero) is 1. The van der Waals surface area contributed by atoms with Gasteiger partial charge in [-0.25, -0.2) is 4.98 Å². The SMILES string of the molecule is COc1ccc(C2C(C(=O)c3sc(C)nc3C)=C(O)C(=O)N2c2cc(Cl)ccc2C)cc1OC. The van der Waals surface area contributed by atoms with Crippen LogP contribution < -0.4 is 14.4 Å². The van der Waals surface area contributed by atoms with E-state index in [1.165, 1.54) is 30.5 Å². The minimum absolute atomic E-state index is 0.0247. The predicted molar refractivity (Wildman–Crippen MR) is 132 cm³/mol. The minimum atomic E-state index is -0.918. The van der Waals surface area contributed by atoms with Gasteiger partial charge in [-0.2, -0.15) is 0 Å². The molecule has 0 saturated heterocycles. The summed E-state index contributed by atoms with van der Waals surface area (Å²) in [4.78, 5) is 33.3. The normalized spacial score (nSPS) is 15.8. The Morgan fingerprint density at radius 1 is 1.09 bits per heavy atom. The Bertz CT molecular complexity index is 1350. The third-order valence-electron chi connectivity index (χ3n) is 5.72. The molecule has 0 saturated carbocycles. The van der Waals surface area contributed by atoms with Crippen molar-refractivity contribution in [2.45, 2.75) is 26.8 Å². The van der Waals surface area contributed by atoms with Gasteiger partial charge in [0.25, 0.3) is 5.91 Å². The van der Waals surface area contributed by atoms with Gasteiger partial charge in [0.15, 0.2) is 17.3 Å². The van der Waals surface area contributed by atoms with Crippen LogP contribution in [0.15, 0.2) is 47.7 Å². The van der Waals surface area contributed by atoms with Crippen LogP contribution in [-0.4, -0.2) is 36.0 Å². The molecule has 176 valence electrons. The second kappa shape index (κ2) is 9.12. The molecular weight excluding hydrogens is 476 g/mol. The number of ketones is 1. The van der Waals surface area contributed by atoms with Gasteiger partial charge >= 0.3 is 0 Å². The van der Waals surface area contributed by atoms with Crippen molar-refractivity contribution in [1.29, 1.82) is 0 Å². The fourth-order valence-corrected chi connectivity index (χ4v) is 5.17. The summed E-state index contributed by atoms with van der Waals surface area (Å²) in [5, 5.41) is 12.1. The largest absolute Gasteiger partial charge is 0.503 e. The van der Waals surface area contributed by atoms with E-state index >= 15 is 0 Å². The van der Waals surface area contributed by atoms with E-state index in [-0.39, 0.29) is 5.57 Å². The number of amides is 1. The van der Waals surface area contributed by atoms with Crippen LogP contribution in [0.4, 0.5) is 5.69 Å². The summed E-state index contributed by atoms with van der Waals surface area (Å²) in [6.45, 7) is 5.36. The highest BCUT2D eigenvalue weighted by Crippen LogP contribution is 2.45. The summed E-state index contributed by atoms with van der Waals surface area (Å²) in [5.74, 6) is -0.813. The number of methoxy groups -OCH3 is 2. The number of ether oxygens (including phenoxy) is 2. The molecule has 4 rings (SSSR count). The van der Waals surface area contributed by atoms with Gasteiger partial charge in [0.05, 0.1) is 41.4 Å². The average Bonchev–Trinajstić information content (AvgIpc) is 3.29. The smallest absolute Gasteiger partial charge is 0.294 e. The Morgan fingerprint density at radius 2 is 1.79 bits per heavy atom. The standard InChI is InChI=1S/C25H23ClN2O5S/c1-12-6-8-16(26)11-17(12)28-21(15-7-9-18(32-4)19(10-15)33-5)20(23(30)25(28)31)22(29)24-13(2)27-14(3)34-24/h6-11,21,30H,1-5H3. The zero-order valence-corrected chi connectivity index (χ0v) is 20.9. The van der Waals surface area contributed by atoms with Gasteiger partial charge in [-0.3, -0.25) is 14.5 Å². The van der Waals surface area contributed by atoms with Crippen molar-refractivity contribution >= 4 is 40.3 Å². The van der Waals surface area contributed by atoms with E-state index in [4.69, 9.17) is 21.1 Å². The molecule has 3 aromatic rings. The van der Waals surface area contributed by atoms with E-state index in [2.05, 4.69) is 4.98 Å². The summed E-state index contributed by atoms with van der Waals surface area (Å²) in [7, 11) is 3.02. The third kappa shape index (κ3) is 3.93. The molecule has 0 spiro atoms. The molecule has 2 heterocycles. The van der Waals surface area contributed by atoms with Crippen LogP contribution in [0.3, 0.4) is 0 Å². The van der Waals surface area contributed by atoms with E-state index in [1.807, 2.05) is 6.92 Å². The monoisotopic (exact) mass is 498 g/mol. The lowest BCUT2D eigenvalue weighted by atomic mass is 9.94. The molecule has 1 N–H and O–H groups in total.